The van der Waals surface area contributed by atoms with E-state index in [4.69, 9.17) is 4.74 Å². The number of carbonyl (C=O) groups is 1. The van der Waals surface area contributed by atoms with Crippen molar-refractivity contribution in [3.63, 3.8) is 0 Å². The van der Waals surface area contributed by atoms with Crippen LogP contribution in [-0.2, 0) is 7.05 Å². The molecule has 0 aromatic carbocycles. The van der Waals surface area contributed by atoms with Crippen LogP contribution in [0.15, 0.2) is 18.3 Å². The lowest BCUT2D eigenvalue weighted by Gasteiger charge is -2.08. The molecule has 118 valence electrons. The molecule has 0 saturated carbocycles. The van der Waals surface area contributed by atoms with Crippen molar-refractivity contribution in [3.05, 3.63) is 35.2 Å². The number of pyridine rings is 1. The Balaban J connectivity index is 2.14. The zero-order valence-corrected chi connectivity index (χ0v) is 12.4. The van der Waals surface area contributed by atoms with Crippen LogP contribution in [0, 0.1) is 13.8 Å². The zero-order valence-electron chi connectivity index (χ0n) is 12.4. The number of nitrogens with zero attached hydrogens (tertiary/aromatic N) is 3. The highest BCUT2D eigenvalue weighted by Gasteiger charge is 2.14. The molecule has 22 heavy (non-hydrogen) atoms. The Bertz CT molecular complexity index is 685. The number of aromatic nitrogens is 3. The summed E-state index contributed by atoms with van der Waals surface area (Å²) < 4.78 is 30.6. The standard InChI is InChI=1S/C14H16F2N4O2/c1-8-9(2)19-20(3)13(8)18-14(21)10-4-5-17-12(6-10)22-7-11(15)16/h4-6,11H,7H2,1-3H3,(H,18,21). The van der Waals surface area contributed by atoms with Crippen molar-refractivity contribution in [2.45, 2.75) is 20.3 Å². The maximum Gasteiger partial charge on any atom is 0.272 e. The van der Waals surface area contributed by atoms with Gasteiger partial charge >= 0.3 is 0 Å². The molecule has 1 N–H and O–H groups in total. The molecule has 0 bridgehead atoms. The number of anilines is 1. The van der Waals surface area contributed by atoms with E-state index in [1.54, 1.807) is 11.7 Å². The first-order valence-electron chi connectivity index (χ1n) is 6.57. The summed E-state index contributed by atoms with van der Waals surface area (Å²) in [7, 11) is 1.72. The number of aryl methyl sites for hydroxylation is 2. The average molecular weight is 310 g/mol. The van der Waals surface area contributed by atoms with Crippen LogP contribution < -0.4 is 10.1 Å². The van der Waals surface area contributed by atoms with Crippen LogP contribution in [-0.4, -0.2) is 33.7 Å². The first-order chi connectivity index (χ1) is 10.4. The minimum Gasteiger partial charge on any atom is -0.472 e. The lowest BCUT2D eigenvalue weighted by atomic mass is 10.2. The molecule has 2 aromatic heterocycles. The van der Waals surface area contributed by atoms with E-state index in [-0.39, 0.29) is 11.4 Å². The topological polar surface area (TPSA) is 69.0 Å². The Kier molecular flexibility index (Phi) is 4.69. The maximum absolute atomic E-state index is 12.2. The number of nitrogens with one attached hydrogen (secondary N) is 1. The second kappa shape index (κ2) is 6.50. The molecule has 8 heteroatoms. The van der Waals surface area contributed by atoms with E-state index >= 15 is 0 Å². The van der Waals surface area contributed by atoms with Crippen molar-refractivity contribution in [2.24, 2.45) is 7.05 Å². The first-order valence-corrected chi connectivity index (χ1v) is 6.57. The number of halogens is 2. The molecule has 0 saturated heterocycles. The van der Waals surface area contributed by atoms with Gasteiger partial charge in [0.1, 0.15) is 5.82 Å². The SMILES string of the molecule is Cc1nn(C)c(NC(=O)c2ccnc(OCC(F)F)c2)c1C. The highest BCUT2D eigenvalue weighted by atomic mass is 19.3. The minimum atomic E-state index is -2.60. The third-order valence-electron chi connectivity index (χ3n) is 3.11. The average Bonchev–Trinajstić information content (AvgIpc) is 2.72. The predicted molar refractivity (Wildman–Crippen MR) is 76.4 cm³/mol. The smallest absolute Gasteiger partial charge is 0.272 e. The van der Waals surface area contributed by atoms with Crippen molar-refractivity contribution < 1.29 is 18.3 Å². The Morgan fingerprint density at radius 2 is 2.18 bits per heavy atom. The lowest BCUT2D eigenvalue weighted by Crippen LogP contribution is -2.16. The fraction of sp³-hybridized carbons (Fsp3) is 0.357. The molecule has 0 aliphatic heterocycles. The molecule has 0 aliphatic rings. The number of rotatable bonds is 5. The van der Waals surface area contributed by atoms with Gasteiger partial charge in [0.2, 0.25) is 5.88 Å². The number of amides is 1. The summed E-state index contributed by atoms with van der Waals surface area (Å²) in [4.78, 5) is 16.0. The van der Waals surface area contributed by atoms with Gasteiger partial charge in [0, 0.05) is 30.4 Å². The zero-order chi connectivity index (χ0) is 16.3. The van der Waals surface area contributed by atoms with Crippen molar-refractivity contribution in [3.8, 4) is 5.88 Å². The molecule has 2 rings (SSSR count). The molecular formula is C14H16F2N4O2. The van der Waals surface area contributed by atoms with E-state index in [0.29, 0.717) is 5.82 Å². The maximum atomic E-state index is 12.2. The van der Waals surface area contributed by atoms with Gasteiger partial charge in [-0.3, -0.25) is 9.48 Å². The van der Waals surface area contributed by atoms with Crippen molar-refractivity contribution in [1.82, 2.24) is 14.8 Å². The monoisotopic (exact) mass is 310 g/mol. The van der Waals surface area contributed by atoms with Crippen molar-refractivity contribution >= 4 is 11.7 Å². The van der Waals surface area contributed by atoms with Gasteiger partial charge < -0.3 is 10.1 Å². The van der Waals surface area contributed by atoms with Gasteiger partial charge in [-0.25, -0.2) is 13.8 Å². The van der Waals surface area contributed by atoms with E-state index in [0.717, 1.165) is 11.3 Å². The molecule has 1 amide bonds. The normalized spacial score (nSPS) is 10.8. The van der Waals surface area contributed by atoms with E-state index < -0.39 is 18.9 Å². The van der Waals surface area contributed by atoms with E-state index in [2.05, 4.69) is 15.4 Å². The molecular weight excluding hydrogens is 294 g/mol. The second-order valence-corrected chi connectivity index (χ2v) is 4.72. The number of hydrogen-bond acceptors (Lipinski definition) is 4. The largest absolute Gasteiger partial charge is 0.472 e. The molecule has 0 radical (unpaired) electrons. The molecule has 2 heterocycles. The summed E-state index contributed by atoms with van der Waals surface area (Å²) in [6, 6.07) is 2.79. The Labute approximate surface area is 126 Å². The predicted octanol–water partition coefficient (Wildman–Crippen LogP) is 2.33. The van der Waals surface area contributed by atoms with Crippen LogP contribution in [0.2, 0.25) is 0 Å². The Morgan fingerprint density at radius 1 is 1.45 bits per heavy atom. The summed E-state index contributed by atoms with van der Waals surface area (Å²) in [6.07, 6.45) is -1.27. The summed E-state index contributed by atoms with van der Waals surface area (Å²) >= 11 is 0. The van der Waals surface area contributed by atoms with E-state index in [9.17, 15) is 13.6 Å². The summed E-state index contributed by atoms with van der Waals surface area (Å²) in [5, 5.41) is 6.94. The summed E-state index contributed by atoms with van der Waals surface area (Å²) in [5.74, 6) is 0.163. The van der Waals surface area contributed by atoms with Gasteiger partial charge in [-0.1, -0.05) is 0 Å². The molecule has 0 unspecified atom stereocenters. The van der Waals surface area contributed by atoms with Crippen LogP contribution >= 0.6 is 0 Å². The van der Waals surface area contributed by atoms with Crippen LogP contribution in [0.1, 0.15) is 21.6 Å². The molecule has 0 atom stereocenters. The lowest BCUT2D eigenvalue weighted by molar-refractivity contribution is 0.0795. The summed E-state index contributed by atoms with van der Waals surface area (Å²) in [6.45, 7) is 2.92. The third-order valence-corrected chi connectivity index (χ3v) is 3.11. The van der Waals surface area contributed by atoms with Crippen LogP contribution in [0.3, 0.4) is 0 Å². The third kappa shape index (κ3) is 3.57. The van der Waals surface area contributed by atoms with Crippen LogP contribution in [0.25, 0.3) is 0 Å². The van der Waals surface area contributed by atoms with Gasteiger partial charge in [0.05, 0.1) is 5.69 Å². The molecule has 6 nitrogen and oxygen atoms in total. The van der Waals surface area contributed by atoms with Gasteiger partial charge in [-0.15, -0.1) is 0 Å². The minimum absolute atomic E-state index is 0.0224. The fourth-order valence-corrected chi connectivity index (χ4v) is 1.90. The second-order valence-electron chi connectivity index (χ2n) is 4.72. The Morgan fingerprint density at radius 3 is 2.77 bits per heavy atom. The summed E-state index contributed by atoms with van der Waals surface area (Å²) in [5.41, 5.74) is 1.94. The fourth-order valence-electron chi connectivity index (χ4n) is 1.90. The van der Waals surface area contributed by atoms with Gasteiger partial charge in [0.25, 0.3) is 12.3 Å². The van der Waals surface area contributed by atoms with Crippen molar-refractivity contribution in [1.29, 1.82) is 0 Å². The number of carbonyl (C=O) groups excluding carboxylic acids is 1. The van der Waals surface area contributed by atoms with E-state index in [1.807, 2.05) is 13.8 Å². The van der Waals surface area contributed by atoms with Crippen LogP contribution in [0.5, 0.6) is 5.88 Å². The molecule has 0 spiro atoms. The van der Waals surface area contributed by atoms with Gasteiger partial charge in [-0.2, -0.15) is 5.10 Å². The highest BCUT2D eigenvalue weighted by molar-refractivity contribution is 6.04. The van der Waals surface area contributed by atoms with Gasteiger partial charge in [0.15, 0.2) is 6.61 Å². The van der Waals surface area contributed by atoms with Crippen molar-refractivity contribution in [2.75, 3.05) is 11.9 Å². The number of hydrogen-bond donors (Lipinski definition) is 1. The molecule has 0 fully saturated rings. The van der Waals surface area contributed by atoms with E-state index in [1.165, 1.54) is 18.3 Å². The van der Waals surface area contributed by atoms with Crippen LogP contribution in [0.4, 0.5) is 14.6 Å². The van der Waals surface area contributed by atoms with Gasteiger partial charge in [-0.05, 0) is 19.9 Å². The number of alkyl halides is 2. The quantitative estimate of drug-likeness (QED) is 0.920. The number of ether oxygens (including phenoxy) is 1. The first kappa shape index (κ1) is 15.9. The Hall–Kier alpha value is -2.51. The molecule has 0 aliphatic carbocycles. The molecule has 2 aromatic rings. The highest BCUT2D eigenvalue weighted by Crippen LogP contribution is 2.18.